The van der Waals surface area contributed by atoms with E-state index in [-0.39, 0.29) is 5.96 Å². The molecular weight excluding hydrogens is 276 g/mol. The zero-order valence-corrected chi connectivity index (χ0v) is 12.6. The summed E-state index contributed by atoms with van der Waals surface area (Å²) in [4.78, 5) is 0. The molecule has 0 aliphatic rings. The molecule has 0 bridgehead atoms. The van der Waals surface area contributed by atoms with E-state index in [1.807, 2.05) is 54.6 Å². The Hall–Kier alpha value is -2.82. The molecule has 3 N–H and O–H groups in total. The summed E-state index contributed by atoms with van der Waals surface area (Å²) in [6.07, 6.45) is 2.46. The van der Waals surface area contributed by atoms with E-state index in [4.69, 9.17) is 15.9 Å². The van der Waals surface area contributed by atoms with E-state index in [0.717, 1.165) is 17.7 Å². The van der Waals surface area contributed by atoms with Gasteiger partial charge in [0.05, 0.1) is 13.3 Å². The number of rotatable bonds is 6. The highest BCUT2D eigenvalue weighted by molar-refractivity contribution is 5.82. The van der Waals surface area contributed by atoms with Crippen molar-refractivity contribution in [2.45, 2.75) is 6.42 Å². The molecule has 0 radical (unpaired) electrons. The molecule has 114 valence electrons. The van der Waals surface area contributed by atoms with Crippen LogP contribution in [0.5, 0.6) is 5.75 Å². The van der Waals surface area contributed by atoms with Gasteiger partial charge in [0.15, 0.2) is 0 Å². The second-order valence-electron chi connectivity index (χ2n) is 4.76. The molecule has 22 heavy (non-hydrogen) atoms. The van der Waals surface area contributed by atoms with Gasteiger partial charge in [0.1, 0.15) is 5.75 Å². The highest BCUT2D eigenvalue weighted by atomic mass is 16.5. The molecule has 5 heteroatoms. The van der Waals surface area contributed by atoms with Crippen LogP contribution in [0.2, 0.25) is 0 Å². The van der Waals surface area contributed by atoms with E-state index >= 15 is 0 Å². The average molecular weight is 296 g/mol. The van der Waals surface area contributed by atoms with E-state index in [9.17, 15) is 0 Å². The Morgan fingerprint density at radius 3 is 2.45 bits per heavy atom. The fourth-order valence-electron chi connectivity index (χ4n) is 1.95. The Morgan fingerprint density at radius 1 is 1.18 bits per heavy atom. The zero-order valence-electron chi connectivity index (χ0n) is 12.6. The van der Waals surface area contributed by atoms with Crippen LogP contribution in [0.1, 0.15) is 11.1 Å². The van der Waals surface area contributed by atoms with Gasteiger partial charge in [-0.15, -0.1) is 0 Å². The Morgan fingerprint density at radius 2 is 1.86 bits per heavy atom. The summed E-state index contributed by atoms with van der Waals surface area (Å²) < 4.78 is 5.11. The molecule has 5 nitrogen and oxygen atoms in total. The number of ether oxygens (including phenoxy) is 1. The maximum atomic E-state index is 7.62. The number of nitrogens with two attached hydrogens (primary N) is 1. The molecule has 0 amide bonds. The first-order valence-corrected chi connectivity index (χ1v) is 7.02. The molecule has 0 saturated heterocycles. The van der Waals surface area contributed by atoms with E-state index in [1.165, 1.54) is 10.6 Å². The normalized spacial score (nSPS) is 10.6. The Labute approximate surface area is 130 Å². The van der Waals surface area contributed by atoms with Crippen LogP contribution in [-0.2, 0) is 6.42 Å². The third kappa shape index (κ3) is 4.63. The van der Waals surface area contributed by atoms with Crippen LogP contribution in [0.4, 0.5) is 0 Å². The number of benzene rings is 2. The first-order valence-electron chi connectivity index (χ1n) is 7.02. The smallest absolute Gasteiger partial charge is 0.209 e. The minimum absolute atomic E-state index is 0.0688. The molecule has 0 atom stereocenters. The van der Waals surface area contributed by atoms with Crippen molar-refractivity contribution in [2.75, 3.05) is 13.7 Å². The van der Waals surface area contributed by atoms with Crippen LogP contribution in [-0.4, -0.2) is 30.8 Å². The molecule has 0 aliphatic carbocycles. The summed E-state index contributed by atoms with van der Waals surface area (Å²) in [6, 6.07) is 17.6. The fourth-order valence-corrected chi connectivity index (χ4v) is 1.95. The highest BCUT2D eigenvalue weighted by Gasteiger charge is 2.04. The second kappa shape index (κ2) is 7.83. The van der Waals surface area contributed by atoms with Gasteiger partial charge in [-0.25, -0.2) is 5.01 Å². The van der Waals surface area contributed by atoms with Crippen molar-refractivity contribution in [1.82, 2.24) is 5.01 Å². The van der Waals surface area contributed by atoms with E-state index < -0.39 is 0 Å². The third-order valence-corrected chi connectivity index (χ3v) is 3.20. The summed E-state index contributed by atoms with van der Waals surface area (Å²) in [5, 5.41) is 13.4. The van der Waals surface area contributed by atoms with Gasteiger partial charge in [-0.3, -0.25) is 5.41 Å². The van der Waals surface area contributed by atoms with Gasteiger partial charge >= 0.3 is 0 Å². The number of hydrazone groups is 1. The standard InChI is InChI=1S/C17H20N4O/c1-22-16-9-7-15(8-10-16)13-20-21(17(18)19)12-11-14-5-3-2-4-6-14/h2-10,13H,11-12H2,1H3,(H3,18,19)/b20-13+. The van der Waals surface area contributed by atoms with Gasteiger partial charge in [-0.1, -0.05) is 30.3 Å². The van der Waals surface area contributed by atoms with Crippen LogP contribution >= 0.6 is 0 Å². The maximum absolute atomic E-state index is 7.62. The fraction of sp³-hybridized carbons (Fsp3) is 0.176. The Balaban J connectivity index is 1.98. The van der Waals surface area contributed by atoms with Crippen molar-refractivity contribution in [3.63, 3.8) is 0 Å². The average Bonchev–Trinajstić information content (AvgIpc) is 2.56. The summed E-state index contributed by atoms with van der Waals surface area (Å²) in [6.45, 7) is 0.562. The van der Waals surface area contributed by atoms with Gasteiger partial charge in [-0.05, 0) is 41.8 Å². The van der Waals surface area contributed by atoms with Crippen molar-refractivity contribution in [3.05, 3.63) is 65.7 Å². The Bertz CT molecular complexity index is 623. The third-order valence-electron chi connectivity index (χ3n) is 3.20. The Kier molecular flexibility index (Phi) is 5.54. The highest BCUT2D eigenvalue weighted by Crippen LogP contribution is 2.10. The summed E-state index contributed by atoms with van der Waals surface area (Å²) >= 11 is 0. The van der Waals surface area contributed by atoms with Crippen molar-refractivity contribution < 1.29 is 4.74 Å². The maximum Gasteiger partial charge on any atom is 0.209 e. The molecule has 0 aliphatic heterocycles. The molecule has 0 unspecified atom stereocenters. The number of guanidine groups is 1. The lowest BCUT2D eigenvalue weighted by molar-refractivity contribution is 0.415. The zero-order chi connectivity index (χ0) is 15.8. The minimum Gasteiger partial charge on any atom is -0.497 e. The van der Waals surface area contributed by atoms with Crippen molar-refractivity contribution in [3.8, 4) is 5.75 Å². The summed E-state index contributed by atoms with van der Waals surface area (Å²) in [5.74, 6) is 0.727. The van der Waals surface area contributed by atoms with Crippen molar-refractivity contribution in [1.29, 1.82) is 5.41 Å². The van der Waals surface area contributed by atoms with Gasteiger partial charge in [0, 0.05) is 6.54 Å². The van der Waals surface area contributed by atoms with Gasteiger partial charge in [0.25, 0.3) is 0 Å². The monoisotopic (exact) mass is 296 g/mol. The number of nitrogens with zero attached hydrogens (tertiary/aromatic N) is 2. The number of hydrogen-bond donors (Lipinski definition) is 2. The van der Waals surface area contributed by atoms with E-state index in [2.05, 4.69) is 5.10 Å². The lowest BCUT2D eigenvalue weighted by Crippen LogP contribution is -2.33. The summed E-state index contributed by atoms with van der Waals surface area (Å²) in [5.41, 5.74) is 7.70. The predicted molar refractivity (Wildman–Crippen MR) is 89.4 cm³/mol. The molecule has 2 aromatic rings. The van der Waals surface area contributed by atoms with Gasteiger partial charge in [0.2, 0.25) is 5.96 Å². The number of hydrogen-bond acceptors (Lipinski definition) is 3. The first-order chi connectivity index (χ1) is 10.7. The topological polar surface area (TPSA) is 74.7 Å². The molecule has 0 aromatic heterocycles. The summed E-state index contributed by atoms with van der Waals surface area (Å²) in [7, 11) is 1.63. The van der Waals surface area contributed by atoms with Crippen LogP contribution in [0.3, 0.4) is 0 Å². The largest absolute Gasteiger partial charge is 0.497 e. The van der Waals surface area contributed by atoms with Crippen LogP contribution < -0.4 is 10.5 Å². The molecule has 0 heterocycles. The molecule has 2 aromatic carbocycles. The van der Waals surface area contributed by atoms with Gasteiger partial charge < -0.3 is 10.5 Å². The quantitative estimate of drug-likeness (QED) is 0.488. The van der Waals surface area contributed by atoms with Crippen molar-refractivity contribution >= 4 is 12.2 Å². The van der Waals surface area contributed by atoms with E-state index in [0.29, 0.717) is 6.54 Å². The molecule has 0 fully saturated rings. The molecule has 2 rings (SSSR count). The van der Waals surface area contributed by atoms with E-state index in [1.54, 1.807) is 13.3 Å². The van der Waals surface area contributed by atoms with Crippen LogP contribution in [0.15, 0.2) is 59.7 Å². The lowest BCUT2D eigenvalue weighted by atomic mass is 10.1. The van der Waals surface area contributed by atoms with Crippen molar-refractivity contribution in [2.24, 2.45) is 10.8 Å². The van der Waals surface area contributed by atoms with Crippen LogP contribution in [0, 0.1) is 5.41 Å². The van der Waals surface area contributed by atoms with Gasteiger partial charge in [-0.2, -0.15) is 5.10 Å². The molecule has 0 spiro atoms. The minimum atomic E-state index is -0.0688. The first kappa shape index (κ1) is 15.6. The number of nitrogens with one attached hydrogen (secondary N) is 1. The lowest BCUT2D eigenvalue weighted by Gasteiger charge is -2.16. The second-order valence-corrected chi connectivity index (χ2v) is 4.76. The molecular formula is C17H20N4O. The predicted octanol–water partition coefficient (Wildman–Crippen LogP) is 2.47. The number of methoxy groups -OCH3 is 1. The van der Waals surface area contributed by atoms with Crippen LogP contribution in [0.25, 0.3) is 0 Å². The molecule has 0 saturated carbocycles. The SMILES string of the molecule is COc1ccc(/C=N/N(CCc2ccccc2)C(=N)N)cc1.